The van der Waals surface area contributed by atoms with E-state index in [2.05, 4.69) is 19.2 Å². The average Bonchev–Trinajstić information content (AvgIpc) is 3.13. The van der Waals surface area contributed by atoms with Crippen LogP contribution in [0.25, 0.3) is 0 Å². The molecule has 27 heavy (non-hydrogen) atoms. The van der Waals surface area contributed by atoms with Crippen LogP contribution in [0.2, 0.25) is 0 Å². The van der Waals surface area contributed by atoms with Crippen molar-refractivity contribution in [3.05, 3.63) is 24.3 Å². The van der Waals surface area contributed by atoms with E-state index in [9.17, 15) is 13.2 Å². The predicted octanol–water partition coefficient (Wildman–Crippen LogP) is 3.25. The highest BCUT2D eigenvalue weighted by molar-refractivity contribution is 7.89. The van der Waals surface area contributed by atoms with E-state index >= 15 is 0 Å². The molecule has 0 aromatic heterocycles. The van der Waals surface area contributed by atoms with Gasteiger partial charge in [0.1, 0.15) is 6.61 Å². The molecule has 0 bridgehead atoms. The van der Waals surface area contributed by atoms with E-state index in [4.69, 9.17) is 4.74 Å². The van der Waals surface area contributed by atoms with Gasteiger partial charge in [-0.15, -0.1) is 0 Å². The van der Waals surface area contributed by atoms with Crippen LogP contribution >= 0.6 is 0 Å². The number of carbonyl (C=O) groups is 1. The molecule has 0 unspecified atom stereocenters. The zero-order valence-electron chi connectivity index (χ0n) is 16.2. The van der Waals surface area contributed by atoms with Crippen LogP contribution in [-0.4, -0.2) is 44.4 Å². The molecule has 6 nitrogen and oxygen atoms in total. The first kappa shape index (κ1) is 20.3. The molecule has 1 aliphatic carbocycles. The Morgan fingerprint density at radius 2 is 1.70 bits per heavy atom. The molecule has 0 radical (unpaired) electrons. The Labute approximate surface area is 162 Å². The number of hydrogen-bond acceptors (Lipinski definition) is 4. The average molecular weight is 395 g/mol. The number of anilines is 1. The van der Waals surface area contributed by atoms with Crippen molar-refractivity contribution in [2.75, 3.05) is 25.0 Å². The fourth-order valence-electron chi connectivity index (χ4n) is 4.11. The highest BCUT2D eigenvalue weighted by Crippen LogP contribution is 2.27. The summed E-state index contributed by atoms with van der Waals surface area (Å²) in [6.07, 6.45) is 5.62. The van der Waals surface area contributed by atoms with Gasteiger partial charge in [-0.2, -0.15) is 4.31 Å². The molecule has 1 N–H and O–H groups in total. The van der Waals surface area contributed by atoms with Crippen LogP contribution in [0, 0.1) is 11.8 Å². The fraction of sp³-hybridized carbons (Fsp3) is 0.650. The van der Waals surface area contributed by atoms with Gasteiger partial charge in [0.15, 0.2) is 0 Å². The van der Waals surface area contributed by atoms with Crippen LogP contribution in [0.3, 0.4) is 0 Å². The number of sulfonamides is 1. The van der Waals surface area contributed by atoms with Crippen molar-refractivity contribution in [1.82, 2.24) is 4.31 Å². The summed E-state index contributed by atoms with van der Waals surface area (Å²) in [7, 11) is -3.50. The van der Waals surface area contributed by atoms with Gasteiger partial charge >= 0.3 is 0 Å². The van der Waals surface area contributed by atoms with Crippen LogP contribution in [0.1, 0.15) is 46.0 Å². The molecule has 1 saturated heterocycles. The number of nitrogens with zero attached hydrogens (tertiary/aromatic N) is 1. The highest BCUT2D eigenvalue weighted by atomic mass is 32.2. The quantitative estimate of drug-likeness (QED) is 0.804. The predicted molar refractivity (Wildman–Crippen MR) is 105 cm³/mol. The molecule has 1 heterocycles. The summed E-state index contributed by atoms with van der Waals surface area (Å²) in [6, 6.07) is 6.40. The first-order valence-electron chi connectivity index (χ1n) is 9.86. The second kappa shape index (κ2) is 8.71. The minimum atomic E-state index is -3.50. The number of carbonyl (C=O) groups excluding carboxylic acids is 1. The van der Waals surface area contributed by atoms with E-state index in [1.165, 1.54) is 0 Å². The summed E-state index contributed by atoms with van der Waals surface area (Å²) in [5.74, 6) is 0.514. The van der Waals surface area contributed by atoms with E-state index in [1.54, 1.807) is 28.6 Å². The molecule has 2 atom stereocenters. The molecule has 2 fully saturated rings. The number of nitrogens with one attached hydrogen (secondary N) is 1. The van der Waals surface area contributed by atoms with Gasteiger partial charge in [-0.05, 0) is 55.4 Å². The van der Waals surface area contributed by atoms with Crippen LogP contribution in [-0.2, 0) is 19.6 Å². The molecule has 1 aromatic rings. The van der Waals surface area contributed by atoms with Gasteiger partial charge in [-0.1, -0.05) is 26.7 Å². The third kappa shape index (κ3) is 5.30. The Bertz CT molecular complexity index is 732. The largest absolute Gasteiger partial charge is 0.368 e. The second-order valence-corrected chi connectivity index (χ2v) is 10.00. The van der Waals surface area contributed by atoms with E-state index < -0.39 is 10.0 Å². The lowest BCUT2D eigenvalue weighted by Gasteiger charge is -2.34. The van der Waals surface area contributed by atoms with Crippen molar-refractivity contribution in [2.24, 2.45) is 11.8 Å². The Morgan fingerprint density at radius 3 is 2.30 bits per heavy atom. The minimum Gasteiger partial charge on any atom is -0.368 e. The van der Waals surface area contributed by atoms with Crippen LogP contribution in [0.15, 0.2) is 29.2 Å². The van der Waals surface area contributed by atoms with Gasteiger partial charge in [0.05, 0.1) is 11.0 Å². The number of piperidine rings is 1. The lowest BCUT2D eigenvalue weighted by atomic mass is 9.94. The minimum absolute atomic E-state index is 0.0360. The Kier molecular flexibility index (Phi) is 6.55. The number of hydrogen-bond donors (Lipinski definition) is 1. The van der Waals surface area contributed by atoms with Gasteiger partial charge in [0.2, 0.25) is 15.9 Å². The molecule has 1 aromatic carbocycles. The standard InChI is InChI=1S/C20H30N2O4S/c1-15-11-16(2)13-22(12-15)27(24,25)19-9-7-17(8-10-19)21-20(23)14-26-18-5-3-4-6-18/h7-10,15-16,18H,3-6,11-14H2,1-2H3,(H,21,23)/t15-,16-/m1/s1. The molecule has 2 aliphatic rings. The van der Waals surface area contributed by atoms with Gasteiger partial charge in [-0.3, -0.25) is 4.79 Å². The highest BCUT2D eigenvalue weighted by Gasteiger charge is 2.31. The summed E-state index contributed by atoms with van der Waals surface area (Å²) in [5.41, 5.74) is 0.578. The molecule has 1 amide bonds. The van der Waals surface area contributed by atoms with E-state index in [0.29, 0.717) is 30.6 Å². The topological polar surface area (TPSA) is 75.7 Å². The Balaban J connectivity index is 1.58. The van der Waals surface area contributed by atoms with E-state index in [1.807, 2.05) is 0 Å². The lowest BCUT2D eigenvalue weighted by molar-refractivity contribution is -0.122. The van der Waals surface area contributed by atoms with Gasteiger partial charge < -0.3 is 10.1 Å². The van der Waals surface area contributed by atoms with Crippen molar-refractivity contribution in [3.63, 3.8) is 0 Å². The first-order valence-corrected chi connectivity index (χ1v) is 11.3. The second-order valence-electron chi connectivity index (χ2n) is 8.06. The van der Waals surface area contributed by atoms with Crippen LogP contribution in [0.5, 0.6) is 0 Å². The molecule has 150 valence electrons. The molecule has 1 aliphatic heterocycles. The maximum atomic E-state index is 12.9. The molecular weight excluding hydrogens is 364 g/mol. The van der Waals surface area contributed by atoms with Crippen molar-refractivity contribution in [2.45, 2.75) is 57.0 Å². The van der Waals surface area contributed by atoms with Crippen LogP contribution < -0.4 is 5.32 Å². The third-order valence-corrected chi connectivity index (χ3v) is 7.21. The monoisotopic (exact) mass is 394 g/mol. The van der Waals surface area contributed by atoms with E-state index in [-0.39, 0.29) is 23.5 Å². The zero-order valence-corrected chi connectivity index (χ0v) is 17.0. The Morgan fingerprint density at radius 1 is 1.11 bits per heavy atom. The number of rotatable bonds is 6. The first-order chi connectivity index (χ1) is 12.8. The molecule has 3 rings (SSSR count). The van der Waals surface area contributed by atoms with E-state index in [0.717, 1.165) is 32.1 Å². The fourth-order valence-corrected chi connectivity index (χ4v) is 5.79. The SMILES string of the molecule is C[C@@H]1C[C@@H](C)CN(S(=O)(=O)c2ccc(NC(=O)COC3CCCC3)cc2)C1. The summed E-state index contributed by atoms with van der Waals surface area (Å²) >= 11 is 0. The number of benzene rings is 1. The summed E-state index contributed by atoms with van der Waals surface area (Å²) < 4.78 is 32.9. The van der Waals surface area contributed by atoms with Crippen molar-refractivity contribution < 1.29 is 17.9 Å². The molecule has 1 saturated carbocycles. The zero-order chi connectivity index (χ0) is 19.4. The van der Waals surface area contributed by atoms with Gasteiger partial charge in [0.25, 0.3) is 0 Å². The molecule has 0 spiro atoms. The normalized spacial score (nSPS) is 24.8. The molecular formula is C20H30N2O4S. The van der Waals surface area contributed by atoms with Gasteiger partial charge in [0, 0.05) is 18.8 Å². The van der Waals surface area contributed by atoms with Crippen LogP contribution in [0.4, 0.5) is 5.69 Å². The lowest BCUT2D eigenvalue weighted by Crippen LogP contribution is -2.42. The molecule has 7 heteroatoms. The number of ether oxygens (including phenoxy) is 1. The van der Waals surface area contributed by atoms with Crippen molar-refractivity contribution >= 4 is 21.6 Å². The Hall–Kier alpha value is -1.44. The summed E-state index contributed by atoms with van der Waals surface area (Å²) in [4.78, 5) is 12.3. The van der Waals surface area contributed by atoms with Crippen molar-refractivity contribution in [3.8, 4) is 0 Å². The number of amides is 1. The summed E-state index contributed by atoms with van der Waals surface area (Å²) in [6.45, 7) is 5.33. The maximum Gasteiger partial charge on any atom is 0.250 e. The third-order valence-electron chi connectivity index (χ3n) is 5.36. The van der Waals surface area contributed by atoms with Gasteiger partial charge in [-0.25, -0.2) is 8.42 Å². The summed E-state index contributed by atoms with van der Waals surface area (Å²) in [5, 5.41) is 2.77. The van der Waals surface area contributed by atoms with Crippen molar-refractivity contribution in [1.29, 1.82) is 0 Å². The maximum absolute atomic E-state index is 12.9. The smallest absolute Gasteiger partial charge is 0.250 e.